The molecule has 1 N–H and O–H groups in total. The van der Waals surface area contributed by atoms with Gasteiger partial charge in [0.05, 0.1) is 22.1 Å². The highest BCUT2D eigenvalue weighted by Crippen LogP contribution is 2.44. The molecule has 2 aliphatic rings. The van der Waals surface area contributed by atoms with Gasteiger partial charge in [0, 0.05) is 60.4 Å². The Morgan fingerprint density at radius 2 is 1.09 bits per heavy atom. The SMILES string of the molecule is O=C1c2ccccc2C(=O)c2c1ccc1c(=O)c3cc(-c4ccc5nc6cccc7c6c(c5c4)-c4ccccc4C7=O)ccc3[nH]c21. The van der Waals surface area contributed by atoms with Crippen LogP contribution in [0.15, 0.2) is 120 Å². The molecule has 0 fully saturated rings. The Hall–Kier alpha value is -6.53. The third-order valence-corrected chi connectivity index (χ3v) is 9.68. The van der Waals surface area contributed by atoms with Gasteiger partial charge in [-0.3, -0.25) is 19.2 Å². The van der Waals surface area contributed by atoms with Gasteiger partial charge in [-0.05, 0) is 59.2 Å². The Morgan fingerprint density at radius 3 is 1.87 bits per heavy atom. The first-order chi connectivity index (χ1) is 23.0. The lowest BCUT2D eigenvalue weighted by Crippen LogP contribution is -2.22. The molecule has 2 aromatic heterocycles. The molecule has 0 amide bonds. The van der Waals surface area contributed by atoms with Gasteiger partial charge in [-0.2, -0.15) is 0 Å². The van der Waals surface area contributed by atoms with Gasteiger partial charge < -0.3 is 4.98 Å². The molecule has 0 saturated heterocycles. The van der Waals surface area contributed by atoms with E-state index in [-0.39, 0.29) is 28.3 Å². The molecule has 2 heterocycles. The van der Waals surface area contributed by atoms with Crippen molar-refractivity contribution >= 4 is 61.0 Å². The predicted molar refractivity (Wildman–Crippen MR) is 182 cm³/mol. The maximum Gasteiger partial charge on any atom is 0.197 e. The number of H-pyrrole nitrogens is 1. The molecule has 218 valence electrons. The summed E-state index contributed by atoms with van der Waals surface area (Å²) in [5.41, 5.74) is 8.44. The van der Waals surface area contributed by atoms with E-state index in [2.05, 4.69) is 11.1 Å². The molecule has 6 aromatic carbocycles. The van der Waals surface area contributed by atoms with E-state index in [1.54, 1.807) is 36.4 Å². The minimum atomic E-state index is -0.278. The molecule has 47 heavy (non-hydrogen) atoms. The van der Waals surface area contributed by atoms with Crippen molar-refractivity contribution in [3.63, 3.8) is 0 Å². The van der Waals surface area contributed by atoms with Crippen LogP contribution in [0.5, 0.6) is 0 Å². The molecule has 0 saturated carbocycles. The lowest BCUT2D eigenvalue weighted by molar-refractivity contribution is 0.0980. The van der Waals surface area contributed by atoms with Crippen molar-refractivity contribution in [2.45, 2.75) is 0 Å². The lowest BCUT2D eigenvalue weighted by Gasteiger charge is -2.21. The fraction of sp³-hybridized carbons (Fsp3) is 0. The molecule has 10 rings (SSSR count). The number of carbonyl (C=O) groups excluding carboxylic acids is 3. The van der Waals surface area contributed by atoms with Gasteiger partial charge in [0.2, 0.25) is 0 Å². The van der Waals surface area contributed by atoms with Crippen molar-refractivity contribution in [1.29, 1.82) is 0 Å². The second-order valence-corrected chi connectivity index (χ2v) is 12.1. The zero-order valence-electron chi connectivity index (χ0n) is 24.5. The quantitative estimate of drug-likeness (QED) is 0.191. The van der Waals surface area contributed by atoms with Gasteiger partial charge >= 0.3 is 0 Å². The van der Waals surface area contributed by atoms with Crippen molar-refractivity contribution in [2.24, 2.45) is 0 Å². The number of pyridine rings is 2. The highest BCUT2D eigenvalue weighted by atomic mass is 16.1. The summed E-state index contributed by atoms with van der Waals surface area (Å²) in [5.74, 6) is -0.515. The smallest absolute Gasteiger partial charge is 0.197 e. The third kappa shape index (κ3) is 3.36. The lowest BCUT2D eigenvalue weighted by atomic mass is 9.82. The van der Waals surface area contributed by atoms with E-state index in [1.807, 2.05) is 72.8 Å². The molecule has 6 heteroatoms. The van der Waals surface area contributed by atoms with E-state index in [9.17, 15) is 19.2 Å². The number of fused-ring (bicyclic) bond motifs is 9. The van der Waals surface area contributed by atoms with Crippen LogP contribution in [-0.2, 0) is 0 Å². The molecule has 0 spiro atoms. The zero-order chi connectivity index (χ0) is 31.6. The Labute approximate surface area is 265 Å². The van der Waals surface area contributed by atoms with Crippen LogP contribution in [0, 0.1) is 0 Å². The Kier molecular flexibility index (Phi) is 4.94. The highest BCUT2D eigenvalue weighted by molar-refractivity contribution is 6.32. The molecular weight excluding hydrogens is 584 g/mol. The second-order valence-electron chi connectivity index (χ2n) is 12.1. The summed E-state index contributed by atoms with van der Waals surface area (Å²) >= 11 is 0. The number of aromatic amines is 1. The van der Waals surface area contributed by atoms with Crippen LogP contribution in [0.1, 0.15) is 47.8 Å². The number of benzene rings is 6. The minimum absolute atomic E-state index is 0.00599. The van der Waals surface area contributed by atoms with Crippen LogP contribution in [0.2, 0.25) is 0 Å². The number of hydrogen-bond donors (Lipinski definition) is 1. The average molecular weight is 605 g/mol. The summed E-state index contributed by atoms with van der Waals surface area (Å²) < 4.78 is 0. The topological polar surface area (TPSA) is 97.0 Å². The molecule has 8 aromatic rings. The number of nitrogens with zero attached hydrogens (tertiary/aromatic N) is 1. The summed E-state index contributed by atoms with van der Waals surface area (Å²) in [7, 11) is 0. The summed E-state index contributed by atoms with van der Waals surface area (Å²) in [6, 6.07) is 35.0. The van der Waals surface area contributed by atoms with Crippen LogP contribution in [0.25, 0.3) is 65.9 Å². The van der Waals surface area contributed by atoms with Gasteiger partial charge in [-0.1, -0.05) is 72.8 Å². The molecule has 0 aliphatic heterocycles. The zero-order valence-corrected chi connectivity index (χ0v) is 24.5. The Morgan fingerprint density at radius 1 is 0.447 bits per heavy atom. The van der Waals surface area contributed by atoms with Gasteiger partial charge in [0.15, 0.2) is 22.8 Å². The van der Waals surface area contributed by atoms with E-state index in [4.69, 9.17) is 4.98 Å². The largest absolute Gasteiger partial charge is 0.354 e. The number of aromatic nitrogens is 2. The molecule has 0 radical (unpaired) electrons. The fourth-order valence-corrected chi connectivity index (χ4v) is 7.49. The fourth-order valence-electron chi connectivity index (χ4n) is 7.49. The van der Waals surface area contributed by atoms with Gasteiger partial charge in [-0.25, -0.2) is 4.98 Å². The first-order valence-corrected chi connectivity index (χ1v) is 15.3. The average Bonchev–Trinajstić information content (AvgIpc) is 3.11. The van der Waals surface area contributed by atoms with E-state index in [1.165, 1.54) is 0 Å². The summed E-state index contributed by atoms with van der Waals surface area (Å²) in [4.78, 5) is 62.6. The monoisotopic (exact) mass is 604 g/mol. The number of rotatable bonds is 1. The number of carbonyl (C=O) groups is 3. The maximum atomic E-state index is 14.0. The summed E-state index contributed by atoms with van der Waals surface area (Å²) in [5, 5.41) is 2.59. The van der Waals surface area contributed by atoms with Crippen LogP contribution >= 0.6 is 0 Å². The Balaban J connectivity index is 1.18. The maximum absolute atomic E-state index is 14.0. The number of nitrogens with one attached hydrogen (secondary N) is 1. The third-order valence-electron chi connectivity index (χ3n) is 9.68. The molecule has 0 bridgehead atoms. The number of ketones is 3. The van der Waals surface area contributed by atoms with Crippen molar-refractivity contribution in [3.8, 4) is 22.3 Å². The summed E-state index contributed by atoms with van der Waals surface area (Å²) in [6.45, 7) is 0. The van der Waals surface area contributed by atoms with E-state index < -0.39 is 0 Å². The first-order valence-electron chi connectivity index (χ1n) is 15.3. The van der Waals surface area contributed by atoms with Crippen LogP contribution in [0.3, 0.4) is 0 Å². The van der Waals surface area contributed by atoms with Crippen molar-refractivity contribution in [2.75, 3.05) is 0 Å². The first kappa shape index (κ1) is 25.8. The van der Waals surface area contributed by atoms with E-state index >= 15 is 0 Å². The van der Waals surface area contributed by atoms with Crippen LogP contribution < -0.4 is 5.43 Å². The number of hydrogen-bond acceptors (Lipinski definition) is 5. The Bertz CT molecular complexity index is 2880. The standard InChI is InChI=1S/C41H20N2O4/c44-38-23-7-2-1-6-22(23)34-29-18-20(12-16-31(29)42-33-11-5-10-26(38)35(33)34)21-13-17-32-30(19-21)40(46)28-15-14-27-36(37(28)43-32)41(47)25-9-4-3-8-24(25)39(27)45/h1-19H,(H,43,46). The van der Waals surface area contributed by atoms with Crippen molar-refractivity contribution in [1.82, 2.24) is 9.97 Å². The molecular formula is C41H20N2O4. The van der Waals surface area contributed by atoms with Gasteiger partial charge in [0.25, 0.3) is 0 Å². The molecule has 6 nitrogen and oxygen atoms in total. The highest BCUT2D eigenvalue weighted by Gasteiger charge is 2.32. The van der Waals surface area contributed by atoms with Crippen LogP contribution in [0.4, 0.5) is 0 Å². The normalized spacial score (nSPS) is 13.3. The van der Waals surface area contributed by atoms with Crippen LogP contribution in [-0.4, -0.2) is 27.3 Å². The van der Waals surface area contributed by atoms with E-state index in [0.717, 1.165) is 44.1 Å². The van der Waals surface area contributed by atoms with Crippen molar-refractivity contribution < 1.29 is 14.4 Å². The molecule has 0 unspecified atom stereocenters. The van der Waals surface area contributed by atoms with E-state index in [0.29, 0.717) is 49.6 Å². The van der Waals surface area contributed by atoms with Crippen molar-refractivity contribution in [3.05, 3.63) is 159 Å². The molecule has 0 atom stereocenters. The van der Waals surface area contributed by atoms with Gasteiger partial charge in [-0.15, -0.1) is 0 Å². The minimum Gasteiger partial charge on any atom is -0.354 e. The second kappa shape index (κ2) is 9.02. The molecule has 2 aliphatic carbocycles. The predicted octanol–water partition coefficient (Wildman–Crippen LogP) is 8.04. The van der Waals surface area contributed by atoms with Gasteiger partial charge in [0.1, 0.15) is 0 Å². The summed E-state index contributed by atoms with van der Waals surface area (Å²) in [6.07, 6.45) is 0.